The molecule has 0 radical (unpaired) electrons. The smallest absolute Gasteiger partial charge is 0.271 e. The van der Waals surface area contributed by atoms with Crippen LogP contribution in [0.15, 0.2) is 106 Å². The van der Waals surface area contributed by atoms with E-state index in [9.17, 15) is 4.79 Å². The average molecular weight is 648 g/mol. The van der Waals surface area contributed by atoms with Gasteiger partial charge in [-0.2, -0.15) is 5.10 Å². The van der Waals surface area contributed by atoms with Crippen LogP contribution >= 0.6 is 38.9 Å². The molecule has 0 atom stereocenters. The minimum Gasteiger partial charge on any atom is -0.493 e. The van der Waals surface area contributed by atoms with Gasteiger partial charge in [0, 0.05) is 37.3 Å². The number of nitrogens with zero attached hydrogens (tertiary/aromatic N) is 2. The largest absolute Gasteiger partial charge is 0.493 e. The molecular formula is C31H24BrClN4O3S. The number of hydrogen-bond acceptors (Lipinski definition) is 7. The number of anilines is 2. The Balaban J connectivity index is 1.19. The molecule has 5 aromatic rings. The summed E-state index contributed by atoms with van der Waals surface area (Å²) in [4.78, 5) is 17.3. The summed E-state index contributed by atoms with van der Waals surface area (Å²) in [5, 5.41) is 10.8. The molecule has 1 aromatic heterocycles. The molecule has 5 rings (SSSR count). The third-order valence-electron chi connectivity index (χ3n) is 5.93. The number of aromatic nitrogens is 1. The van der Waals surface area contributed by atoms with E-state index in [0.717, 1.165) is 37.7 Å². The van der Waals surface area contributed by atoms with E-state index >= 15 is 0 Å². The molecule has 41 heavy (non-hydrogen) atoms. The zero-order chi connectivity index (χ0) is 28.6. The van der Waals surface area contributed by atoms with Crippen molar-refractivity contribution in [3.8, 4) is 22.8 Å². The van der Waals surface area contributed by atoms with E-state index in [1.807, 2.05) is 78.2 Å². The van der Waals surface area contributed by atoms with Crippen LogP contribution in [-0.4, -0.2) is 24.2 Å². The second-order valence-electron chi connectivity index (χ2n) is 8.75. The first-order chi connectivity index (χ1) is 20.0. The van der Waals surface area contributed by atoms with Gasteiger partial charge in [-0.3, -0.25) is 4.79 Å². The van der Waals surface area contributed by atoms with E-state index in [1.54, 1.807) is 31.5 Å². The number of ether oxygens (including phenoxy) is 2. The molecule has 0 unspecified atom stereocenters. The lowest BCUT2D eigenvalue weighted by Gasteiger charge is -2.12. The summed E-state index contributed by atoms with van der Waals surface area (Å²) < 4.78 is 12.2. The van der Waals surface area contributed by atoms with Crippen molar-refractivity contribution in [2.75, 3.05) is 12.4 Å². The molecule has 0 fully saturated rings. The van der Waals surface area contributed by atoms with Gasteiger partial charge in [-0.1, -0.05) is 54.1 Å². The molecule has 7 nitrogen and oxygen atoms in total. The van der Waals surface area contributed by atoms with Crippen molar-refractivity contribution in [3.63, 3.8) is 0 Å². The van der Waals surface area contributed by atoms with Crippen LogP contribution < -0.4 is 20.2 Å². The maximum Gasteiger partial charge on any atom is 0.271 e. The van der Waals surface area contributed by atoms with Gasteiger partial charge in [-0.25, -0.2) is 10.4 Å². The van der Waals surface area contributed by atoms with Crippen LogP contribution in [0.1, 0.15) is 21.5 Å². The lowest BCUT2D eigenvalue weighted by atomic mass is 10.1. The molecule has 0 saturated heterocycles. The van der Waals surface area contributed by atoms with Crippen molar-refractivity contribution < 1.29 is 14.3 Å². The van der Waals surface area contributed by atoms with E-state index < -0.39 is 0 Å². The van der Waals surface area contributed by atoms with E-state index in [1.165, 1.54) is 11.3 Å². The third-order valence-corrected chi connectivity index (χ3v) is 7.63. The zero-order valence-corrected chi connectivity index (χ0v) is 25.0. The highest BCUT2D eigenvalue weighted by Gasteiger charge is 2.11. The Kier molecular flexibility index (Phi) is 9.30. The topological polar surface area (TPSA) is 84.8 Å². The summed E-state index contributed by atoms with van der Waals surface area (Å²) in [6.45, 7) is 0.413. The van der Waals surface area contributed by atoms with Gasteiger partial charge in [0.15, 0.2) is 16.6 Å². The normalized spacial score (nSPS) is 10.9. The number of carbonyl (C=O) groups excluding carboxylic acids is 1. The van der Waals surface area contributed by atoms with Crippen LogP contribution in [0.4, 0.5) is 10.8 Å². The quantitative estimate of drug-likeness (QED) is 0.118. The number of carbonyl (C=O) groups is 1. The molecule has 4 aromatic carbocycles. The predicted octanol–water partition coefficient (Wildman–Crippen LogP) is 8.32. The zero-order valence-electron chi connectivity index (χ0n) is 21.8. The standard InChI is InChI=1S/C31H24BrClN4O3S/c1-39-28-15-23(26(32)16-29(28)40-18-20-5-3-2-4-6-20)17-34-37-30(38)22-9-7-21(8-10-22)27-19-41-31(36-27)35-25-13-11-24(33)12-14-25/h2-17,19H,18H2,1H3,(H,35,36)(H,37,38)/b34-17-. The first kappa shape index (κ1) is 28.4. The molecule has 0 aliphatic carbocycles. The van der Waals surface area contributed by atoms with Crippen molar-refractivity contribution in [3.05, 3.63) is 123 Å². The summed E-state index contributed by atoms with van der Waals surface area (Å²) in [5.74, 6) is 0.820. The predicted molar refractivity (Wildman–Crippen MR) is 169 cm³/mol. The van der Waals surface area contributed by atoms with Gasteiger partial charge in [0.05, 0.1) is 19.0 Å². The van der Waals surface area contributed by atoms with Crippen LogP contribution in [0.5, 0.6) is 11.5 Å². The van der Waals surface area contributed by atoms with Crippen LogP contribution in [0.3, 0.4) is 0 Å². The van der Waals surface area contributed by atoms with Gasteiger partial charge in [-0.05, 0) is 70.0 Å². The minimum absolute atomic E-state index is 0.331. The van der Waals surface area contributed by atoms with Crippen molar-refractivity contribution in [2.24, 2.45) is 5.10 Å². The minimum atomic E-state index is -0.331. The maximum atomic E-state index is 12.7. The van der Waals surface area contributed by atoms with Crippen molar-refractivity contribution in [2.45, 2.75) is 6.61 Å². The monoisotopic (exact) mass is 646 g/mol. The summed E-state index contributed by atoms with van der Waals surface area (Å²) in [6, 6.07) is 28.1. The highest BCUT2D eigenvalue weighted by molar-refractivity contribution is 9.10. The number of nitrogens with one attached hydrogen (secondary N) is 2. The molecule has 1 heterocycles. The number of thiazole rings is 1. The van der Waals surface area contributed by atoms with Crippen molar-refractivity contribution in [1.29, 1.82) is 0 Å². The number of methoxy groups -OCH3 is 1. The SMILES string of the molecule is COc1cc(/C=N\NC(=O)c2ccc(-c3csc(Nc4ccc(Cl)cc4)n3)cc2)c(Br)cc1OCc1ccccc1. The molecule has 2 N–H and O–H groups in total. The third kappa shape index (κ3) is 7.52. The maximum absolute atomic E-state index is 12.7. The van der Waals surface area contributed by atoms with E-state index in [4.69, 9.17) is 21.1 Å². The Morgan fingerprint density at radius 3 is 2.51 bits per heavy atom. The fourth-order valence-electron chi connectivity index (χ4n) is 3.80. The average Bonchev–Trinajstić information content (AvgIpc) is 3.47. The number of amides is 1. The molecule has 0 bridgehead atoms. The van der Waals surface area contributed by atoms with Gasteiger partial charge in [0.2, 0.25) is 0 Å². The molecule has 10 heteroatoms. The summed E-state index contributed by atoms with van der Waals surface area (Å²) in [7, 11) is 1.58. The number of halogens is 2. The summed E-state index contributed by atoms with van der Waals surface area (Å²) in [6.07, 6.45) is 1.55. The number of benzene rings is 4. The van der Waals surface area contributed by atoms with Crippen molar-refractivity contribution in [1.82, 2.24) is 10.4 Å². The second kappa shape index (κ2) is 13.5. The Labute approximate surface area is 255 Å². The lowest BCUT2D eigenvalue weighted by Crippen LogP contribution is -2.17. The fourth-order valence-corrected chi connectivity index (χ4v) is 5.09. The molecule has 0 saturated carbocycles. The highest BCUT2D eigenvalue weighted by atomic mass is 79.9. The van der Waals surface area contributed by atoms with E-state index in [2.05, 4.69) is 36.8 Å². The van der Waals surface area contributed by atoms with Crippen LogP contribution in [0.2, 0.25) is 5.02 Å². The van der Waals surface area contributed by atoms with Gasteiger partial charge < -0.3 is 14.8 Å². The Bertz CT molecular complexity index is 1660. The summed E-state index contributed by atoms with van der Waals surface area (Å²) in [5.41, 5.74) is 7.43. The highest BCUT2D eigenvalue weighted by Crippen LogP contribution is 2.33. The number of rotatable bonds is 10. The Morgan fingerprint density at radius 2 is 1.78 bits per heavy atom. The molecular weight excluding hydrogens is 624 g/mol. The molecule has 0 aliphatic rings. The van der Waals surface area contributed by atoms with Crippen LogP contribution in [0.25, 0.3) is 11.3 Å². The molecule has 0 aliphatic heterocycles. The van der Waals surface area contributed by atoms with E-state index in [0.29, 0.717) is 28.7 Å². The van der Waals surface area contributed by atoms with Gasteiger partial charge in [0.25, 0.3) is 5.91 Å². The molecule has 206 valence electrons. The van der Waals surface area contributed by atoms with Crippen LogP contribution in [0, 0.1) is 0 Å². The van der Waals surface area contributed by atoms with Crippen LogP contribution in [-0.2, 0) is 6.61 Å². The van der Waals surface area contributed by atoms with Gasteiger partial charge >= 0.3 is 0 Å². The first-order valence-corrected chi connectivity index (χ1v) is 14.5. The van der Waals surface area contributed by atoms with E-state index in [-0.39, 0.29) is 5.91 Å². The summed E-state index contributed by atoms with van der Waals surface area (Å²) >= 11 is 11.0. The molecule has 0 spiro atoms. The Morgan fingerprint density at radius 1 is 1.02 bits per heavy atom. The lowest BCUT2D eigenvalue weighted by molar-refractivity contribution is 0.0955. The fraction of sp³-hybridized carbons (Fsp3) is 0.0645. The first-order valence-electron chi connectivity index (χ1n) is 12.4. The van der Waals surface area contributed by atoms with Gasteiger partial charge in [-0.15, -0.1) is 11.3 Å². The number of hydrazone groups is 1. The van der Waals surface area contributed by atoms with Gasteiger partial charge in [0.1, 0.15) is 6.61 Å². The van der Waals surface area contributed by atoms with Crippen molar-refractivity contribution >= 4 is 61.8 Å². The molecule has 1 amide bonds. The Hall–Kier alpha value is -4.18. The second-order valence-corrected chi connectivity index (χ2v) is 10.9. The number of hydrogen-bond donors (Lipinski definition) is 2.